The van der Waals surface area contributed by atoms with Gasteiger partial charge in [0, 0.05) is 44.7 Å². The van der Waals surface area contributed by atoms with Crippen molar-refractivity contribution in [3.63, 3.8) is 0 Å². The summed E-state index contributed by atoms with van der Waals surface area (Å²) in [6, 6.07) is 15.6. The topological polar surface area (TPSA) is 40.6 Å². The highest BCUT2D eigenvalue weighted by Gasteiger charge is 2.26. The minimum absolute atomic E-state index is 0.177. The van der Waals surface area contributed by atoms with Crippen LogP contribution in [0.15, 0.2) is 42.5 Å². The second kappa shape index (κ2) is 7.88. The molecule has 2 heterocycles. The number of fused-ring (bicyclic) bond motifs is 1. The van der Waals surface area contributed by atoms with E-state index >= 15 is 0 Å². The second-order valence-corrected chi connectivity index (χ2v) is 10.7. The van der Waals surface area contributed by atoms with Crippen molar-refractivity contribution in [2.75, 3.05) is 30.8 Å². The third-order valence-electron chi connectivity index (χ3n) is 6.18. The van der Waals surface area contributed by atoms with Gasteiger partial charge in [-0.05, 0) is 55.0 Å². The summed E-state index contributed by atoms with van der Waals surface area (Å²) in [5, 5.41) is -0.177. The molecule has 0 atom stereocenters. The molecular formula is C23H30N2O2S. The van der Waals surface area contributed by atoms with E-state index in [-0.39, 0.29) is 5.25 Å². The van der Waals surface area contributed by atoms with Crippen LogP contribution in [-0.2, 0) is 29.3 Å². The van der Waals surface area contributed by atoms with Gasteiger partial charge in [0.15, 0.2) is 0 Å². The molecule has 2 aliphatic heterocycles. The molecule has 0 unspecified atom stereocenters. The van der Waals surface area contributed by atoms with Crippen LogP contribution in [0.2, 0.25) is 0 Å². The normalized spacial score (nSPS) is 18.9. The molecule has 0 bridgehead atoms. The van der Waals surface area contributed by atoms with Crippen LogP contribution >= 0.6 is 0 Å². The molecule has 1 fully saturated rings. The molecule has 1 saturated heterocycles. The van der Waals surface area contributed by atoms with Crippen molar-refractivity contribution in [3.05, 3.63) is 64.7 Å². The van der Waals surface area contributed by atoms with Gasteiger partial charge in [0.2, 0.25) is 0 Å². The summed E-state index contributed by atoms with van der Waals surface area (Å²) in [7, 11) is -2.92. The summed E-state index contributed by atoms with van der Waals surface area (Å²) in [5.74, 6) is 0. The maximum atomic E-state index is 11.8. The Morgan fingerprint density at radius 1 is 1.00 bits per heavy atom. The molecule has 0 aliphatic carbocycles. The van der Waals surface area contributed by atoms with Crippen LogP contribution in [0.3, 0.4) is 0 Å². The number of rotatable bonds is 4. The molecule has 0 N–H and O–H groups in total. The van der Waals surface area contributed by atoms with Gasteiger partial charge < -0.3 is 4.90 Å². The fraction of sp³-hybridized carbons (Fsp3) is 0.478. The molecule has 0 amide bonds. The van der Waals surface area contributed by atoms with Crippen molar-refractivity contribution >= 4 is 15.5 Å². The molecule has 2 aliphatic rings. The largest absolute Gasteiger partial charge is 0.371 e. The van der Waals surface area contributed by atoms with Crippen molar-refractivity contribution in [3.8, 4) is 0 Å². The molecule has 4 nitrogen and oxygen atoms in total. The van der Waals surface area contributed by atoms with E-state index in [1.807, 2.05) is 0 Å². The lowest BCUT2D eigenvalue weighted by molar-refractivity contribution is 0.245. The number of benzene rings is 2. The number of hydrogen-bond donors (Lipinski definition) is 0. The first-order chi connectivity index (χ1) is 13.4. The third kappa shape index (κ3) is 4.41. The van der Waals surface area contributed by atoms with Crippen molar-refractivity contribution in [1.29, 1.82) is 0 Å². The summed E-state index contributed by atoms with van der Waals surface area (Å²) in [6.07, 6.45) is 3.94. The molecule has 0 saturated carbocycles. The third-order valence-corrected chi connectivity index (χ3v) is 7.86. The summed E-state index contributed by atoms with van der Waals surface area (Å²) < 4.78 is 23.6. The van der Waals surface area contributed by atoms with Gasteiger partial charge in [0.25, 0.3) is 0 Å². The molecule has 0 aromatic heterocycles. The van der Waals surface area contributed by atoms with Gasteiger partial charge in [-0.15, -0.1) is 0 Å². The summed E-state index contributed by atoms with van der Waals surface area (Å²) in [6.45, 7) is 6.87. The van der Waals surface area contributed by atoms with Crippen LogP contribution in [0, 0.1) is 6.92 Å². The van der Waals surface area contributed by atoms with Crippen LogP contribution in [-0.4, -0.2) is 44.5 Å². The Kier molecular flexibility index (Phi) is 5.48. The molecule has 2 aromatic carbocycles. The predicted molar refractivity (Wildman–Crippen MR) is 116 cm³/mol. The smallest absolute Gasteiger partial charge is 0.150 e. The van der Waals surface area contributed by atoms with E-state index in [2.05, 4.69) is 59.2 Å². The van der Waals surface area contributed by atoms with E-state index in [9.17, 15) is 8.42 Å². The molecule has 0 spiro atoms. The van der Waals surface area contributed by atoms with Crippen LogP contribution in [0.5, 0.6) is 0 Å². The number of nitrogens with zero attached hydrogens (tertiary/aromatic N) is 2. The first-order valence-electron chi connectivity index (χ1n) is 10.2. The highest BCUT2D eigenvalue weighted by molar-refractivity contribution is 7.91. The SMILES string of the molecule is Cc1ccc2c(c1)CCN(Cc1cccc(N3CCC(S(C)(=O)=O)CC3)c1)C2. The Balaban J connectivity index is 1.40. The van der Waals surface area contributed by atoms with Gasteiger partial charge in [-0.3, -0.25) is 4.90 Å². The molecule has 28 heavy (non-hydrogen) atoms. The minimum atomic E-state index is -2.92. The first kappa shape index (κ1) is 19.5. The maximum absolute atomic E-state index is 11.8. The van der Waals surface area contributed by atoms with Gasteiger partial charge in [-0.25, -0.2) is 8.42 Å². The zero-order valence-electron chi connectivity index (χ0n) is 16.9. The number of aryl methyl sites for hydroxylation is 1. The molecule has 2 aromatic rings. The molecule has 5 heteroatoms. The fourth-order valence-electron chi connectivity index (χ4n) is 4.53. The Hall–Kier alpha value is -1.85. The zero-order chi connectivity index (χ0) is 19.7. The second-order valence-electron chi connectivity index (χ2n) is 8.42. The molecule has 150 valence electrons. The molecule has 4 rings (SSSR count). The van der Waals surface area contributed by atoms with E-state index in [4.69, 9.17) is 0 Å². The Morgan fingerprint density at radius 2 is 1.79 bits per heavy atom. The quantitative estimate of drug-likeness (QED) is 0.790. The lowest BCUT2D eigenvalue weighted by Crippen LogP contribution is -2.39. The Labute approximate surface area is 169 Å². The molecular weight excluding hydrogens is 368 g/mol. The van der Waals surface area contributed by atoms with Gasteiger partial charge >= 0.3 is 0 Å². The standard InChI is InChI=1S/C23H30N2O2S/c1-18-6-7-21-17-24(11-8-20(21)14-18)16-19-4-3-5-22(15-19)25-12-9-23(10-13-25)28(2,26)27/h3-7,14-15,23H,8-13,16-17H2,1-2H3. The van der Waals surface area contributed by atoms with E-state index in [1.54, 1.807) is 0 Å². The number of anilines is 1. The van der Waals surface area contributed by atoms with Crippen molar-refractivity contribution in [2.45, 2.75) is 44.5 Å². The number of sulfone groups is 1. The monoisotopic (exact) mass is 398 g/mol. The first-order valence-corrected chi connectivity index (χ1v) is 12.2. The van der Waals surface area contributed by atoms with Gasteiger partial charge in [0.05, 0.1) is 5.25 Å². The van der Waals surface area contributed by atoms with Crippen LogP contribution in [0.4, 0.5) is 5.69 Å². The van der Waals surface area contributed by atoms with Gasteiger partial charge in [-0.2, -0.15) is 0 Å². The summed E-state index contributed by atoms with van der Waals surface area (Å²) in [5.41, 5.74) is 6.85. The van der Waals surface area contributed by atoms with Gasteiger partial charge in [0.1, 0.15) is 9.84 Å². The summed E-state index contributed by atoms with van der Waals surface area (Å²) in [4.78, 5) is 4.85. The van der Waals surface area contributed by atoms with Crippen molar-refractivity contribution < 1.29 is 8.42 Å². The van der Waals surface area contributed by atoms with Crippen LogP contribution in [0.1, 0.15) is 35.1 Å². The maximum Gasteiger partial charge on any atom is 0.150 e. The molecule has 0 radical (unpaired) electrons. The van der Waals surface area contributed by atoms with Crippen molar-refractivity contribution in [1.82, 2.24) is 4.90 Å². The predicted octanol–water partition coefficient (Wildman–Crippen LogP) is 3.57. The number of piperidine rings is 1. The minimum Gasteiger partial charge on any atom is -0.371 e. The average molecular weight is 399 g/mol. The lowest BCUT2D eigenvalue weighted by atomic mass is 9.97. The Morgan fingerprint density at radius 3 is 2.54 bits per heavy atom. The van der Waals surface area contributed by atoms with Crippen LogP contribution in [0.25, 0.3) is 0 Å². The van der Waals surface area contributed by atoms with E-state index in [1.165, 1.54) is 34.2 Å². The van der Waals surface area contributed by atoms with Gasteiger partial charge in [-0.1, -0.05) is 35.9 Å². The highest BCUT2D eigenvalue weighted by atomic mass is 32.2. The highest BCUT2D eigenvalue weighted by Crippen LogP contribution is 2.26. The fourth-order valence-corrected chi connectivity index (χ4v) is 5.59. The van der Waals surface area contributed by atoms with E-state index in [0.717, 1.165) is 52.0 Å². The lowest BCUT2D eigenvalue weighted by Gasteiger charge is -2.33. The van der Waals surface area contributed by atoms with Crippen molar-refractivity contribution in [2.24, 2.45) is 0 Å². The zero-order valence-corrected chi connectivity index (χ0v) is 17.7. The van der Waals surface area contributed by atoms with Crippen LogP contribution < -0.4 is 4.90 Å². The Bertz CT molecular complexity index is 947. The number of hydrogen-bond acceptors (Lipinski definition) is 4. The van der Waals surface area contributed by atoms with E-state index < -0.39 is 9.84 Å². The average Bonchev–Trinajstić information content (AvgIpc) is 2.68. The summed E-state index contributed by atoms with van der Waals surface area (Å²) >= 11 is 0. The van der Waals surface area contributed by atoms with E-state index in [0.29, 0.717) is 0 Å².